The number of methoxy groups -OCH3 is 1. The lowest BCUT2D eigenvalue weighted by Gasteiger charge is -2.43. The van der Waals surface area contributed by atoms with Gasteiger partial charge in [0.05, 0.1) is 21.5 Å². The van der Waals surface area contributed by atoms with Crippen LogP contribution in [0.2, 0.25) is 5.04 Å². The molecule has 0 aliphatic heterocycles. The van der Waals surface area contributed by atoms with Crippen LogP contribution in [0.5, 0.6) is 0 Å². The topological polar surface area (TPSA) is 148 Å². The Bertz CT molecular complexity index is 2190. The molecule has 13 heteroatoms. The first-order chi connectivity index (χ1) is 31.4. The summed E-state index contributed by atoms with van der Waals surface area (Å²) in [7, 11) is -5.33. The van der Waals surface area contributed by atoms with E-state index < -0.39 is 52.3 Å². The predicted molar refractivity (Wildman–Crippen MR) is 264 cm³/mol. The third-order valence-electron chi connectivity index (χ3n) is 12.8. The number of sulfone groups is 1. The molecule has 0 aromatic heterocycles. The Labute approximate surface area is 394 Å². The molecule has 4 rings (SSSR count). The normalized spacial score (nSPS) is 15.4. The molecule has 0 aliphatic carbocycles. The van der Waals surface area contributed by atoms with E-state index in [4.69, 9.17) is 18.6 Å². The Morgan fingerprint density at radius 3 is 1.85 bits per heavy atom. The van der Waals surface area contributed by atoms with Gasteiger partial charge in [-0.3, -0.25) is 14.9 Å². The lowest BCUT2D eigenvalue weighted by molar-refractivity contribution is -0.384. The van der Waals surface area contributed by atoms with Gasteiger partial charge in [-0.2, -0.15) is 0 Å². The molecule has 0 heterocycles. The van der Waals surface area contributed by atoms with Crippen LogP contribution in [0.3, 0.4) is 0 Å². The van der Waals surface area contributed by atoms with Crippen LogP contribution >= 0.6 is 0 Å². The van der Waals surface area contributed by atoms with Gasteiger partial charge in [0.15, 0.2) is 15.6 Å². The highest BCUT2D eigenvalue weighted by molar-refractivity contribution is 7.92. The molecule has 0 fully saturated rings. The summed E-state index contributed by atoms with van der Waals surface area (Å²) in [5.41, 5.74) is 0.0202. The minimum Gasteiger partial charge on any atom is -0.459 e. The van der Waals surface area contributed by atoms with Gasteiger partial charge in [-0.25, -0.2) is 13.2 Å². The molecule has 4 aromatic rings. The van der Waals surface area contributed by atoms with E-state index in [1.54, 1.807) is 25.3 Å². The van der Waals surface area contributed by atoms with E-state index in [1.165, 1.54) is 46.8 Å². The zero-order chi connectivity index (χ0) is 48.5. The average Bonchev–Trinajstić information content (AvgIpc) is 3.31. The monoisotopic (exact) mass is 941 g/mol. The summed E-state index contributed by atoms with van der Waals surface area (Å²) < 4.78 is 53.8. The zero-order valence-corrected chi connectivity index (χ0v) is 41.9. The van der Waals surface area contributed by atoms with Crippen molar-refractivity contribution in [1.82, 2.24) is 0 Å². The SMILES string of the molecule is C=C[C@@H](C)CC[C@H](OC(=O)c1ccc([N+](=O)[O-])cc1)[C@H](C)CCC(=O)C(C[C@H](C)[C@@H](OCOC)[C@H](C)CCCO[Si](c1ccccc1)(c1ccccc1)C(C)(C)C)S(=O)(=O)c1ccccc1. The van der Waals surface area contributed by atoms with Gasteiger partial charge in [0.25, 0.3) is 14.0 Å². The molecule has 358 valence electrons. The first-order valence-electron chi connectivity index (χ1n) is 23.1. The van der Waals surface area contributed by atoms with Crippen molar-refractivity contribution in [2.24, 2.45) is 23.7 Å². The average molecular weight is 942 g/mol. The number of carbonyl (C=O) groups excluding carboxylic acids is 2. The molecule has 4 aromatic carbocycles. The van der Waals surface area contributed by atoms with Gasteiger partial charge < -0.3 is 18.6 Å². The Morgan fingerprint density at radius 1 is 0.773 bits per heavy atom. The minimum atomic E-state index is -4.13. The molecule has 0 saturated heterocycles. The van der Waals surface area contributed by atoms with E-state index in [0.29, 0.717) is 19.4 Å². The van der Waals surface area contributed by atoms with Crippen molar-refractivity contribution in [2.45, 2.75) is 121 Å². The molecule has 0 saturated carbocycles. The van der Waals surface area contributed by atoms with Crippen LogP contribution in [0.25, 0.3) is 0 Å². The molecule has 1 unspecified atom stereocenters. The van der Waals surface area contributed by atoms with Crippen molar-refractivity contribution in [3.05, 3.63) is 144 Å². The fourth-order valence-electron chi connectivity index (χ4n) is 8.92. The third-order valence-corrected chi connectivity index (χ3v) is 20.0. The van der Waals surface area contributed by atoms with Gasteiger partial charge in [0.2, 0.25) is 0 Å². The number of benzene rings is 4. The molecule has 66 heavy (non-hydrogen) atoms. The highest BCUT2D eigenvalue weighted by atomic mass is 32.2. The molecule has 0 bridgehead atoms. The molecule has 0 N–H and O–H groups in total. The van der Waals surface area contributed by atoms with Crippen molar-refractivity contribution in [1.29, 1.82) is 0 Å². The number of hydrogen-bond acceptors (Lipinski definition) is 10. The number of carbonyl (C=O) groups is 2. The third kappa shape index (κ3) is 14.4. The largest absolute Gasteiger partial charge is 0.459 e. The quantitative estimate of drug-likeness (QED) is 0.0102. The van der Waals surface area contributed by atoms with E-state index in [9.17, 15) is 28.1 Å². The highest BCUT2D eigenvalue weighted by Gasteiger charge is 2.50. The second kappa shape index (κ2) is 25.4. The van der Waals surface area contributed by atoms with Crippen LogP contribution < -0.4 is 10.4 Å². The van der Waals surface area contributed by atoms with Crippen LogP contribution in [-0.2, 0) is 33.3 Å². The number of rotatable bonds is 28. The molecule has 0 spiro atoms. The van der Waals surface area contributed by atoms with Gasteiger partial charge in [-0.05, 0) is 102 Å². The van der Waals surface area contributed by atoms with Gasteiger partial charge in [-0.15, -0.1) is 6.58 Å². The maximum absolute atomic E-state index is 14.5. The van der Waals surface area contributed by atoms with E-state index >= 15 is 0 Å². The van der Waals surface area contributed by atoms with E-state index in [2.05, 4.69) is 82.8 Å². The summed E-state index contributed by atoms with van der Waals surface area (Å²) in [6.45, 7) is 19.1. The second-order valence-electron chi connectivity index (χ2n) is 18.7. The first kappa shape index (κ1) is 53.8. The van der Waals surface area contributed by atoms with Gasteiger partial charge in [0, 0.05) is 32.3 Å². The number of nitro groups is 1. The Hall–Kier alpha value is -4.79. The van der Waals surface area contributed by atoms with Crippen molar-refractivity contribution < 1.29 is 41.6 Å². The van der Waals surface area contributed by atoms with E-state index in [-0.39, 0.29) is 70.9 Å². The summed E-state index contributed by atoms with van der Waals surface area (Å²) in [6, 6.07) is 34.3. The minimum absolute atomic E-state index is 0.00390. The van der Waals surface area contributed by atoms with Crippen LogP contribution in [0.4, 0.5) is 5.69 Å². The number of nitro benzene ring substituents is 1. The molecule has 11 nitrogen and oxygen atoms in total. The Balaban J connectivity index is 1.54. The summed E-state index contributed by atoms with van der Waals surface area (Å²) in [5.74, 6) is -1.66. The number of non-ortho nitro benzene ring substituents is 1. The van der Waals surface area contributed by atoms with Crippen molar-refractivity contribution >= 4 is 46.0 Å². The highest BCUT2D eigenvalue weighted by Crippen LogP contribution is 2.37. The fourth-order valence-corrected chi connectivity index (χ4v) is 15.4. The van der Waals surface area contributed by atoms with E-state index in [0.717, 1.165) is 12.8 Å². The van der Waals surface area contributed by atoms with Gasteiger partial charge in [0.1, 0.15) is 18.1 Å². The van der Waals surface area contributed by atoms with E-state index in [1.807, 2.05) is 39.0 Å². The summed E-state index contributed by atoms with van der Waals surface area (Å²) in [5, 5.41) is 12.1. The molecule has 7 atom stereocenters. The number of Topliss-reactive ketones (excluding diaryl/α,β-unsaturated/α-hetero) is 1. The number of ketones is 1. The van der Waals surface area contributed by atoms with Gasteiger partial charge in [-0.1, -0.05) is 133 Å². The molecule has 0 radical (unpaired) electrons. The molecule has 0 amide bonds. The first-order valence-corrected chi connectivity index (χ1v) is 26.6. The zero-order valence-electron chi connectivity index (χ0n) is 40.1. The van der Waals surface area contributed by atoms with Crippen LogP contribution in [0.1, 0.15) is 104 Å². The van der Waals surface area contributed by atoms with Gasteiger partial charge >= 0.3 is 5.97 Å². The van der Waals surface area contributed by atoms with Crippen LogP contribution in [0, 0.1) is 33.8 Å². The lowest BCUT2D eigenvalue weighted by atomic mass is 9.86. The molecular weight excluding hydrogens is 871 g/mol. The number of esters is 1. The lowest BCUT2D eigenvalue weighted by Crippen LogP contribution is -2.66. The van der Waals surface area contributed by atoms with Crippen molar-refractivity contribution in [2.75, 3.05) is 20.5 Å². The second-order valence-corrected chi connectivity index (χ2v) is 25.2. The number of allylic oxidation sites excluding steroid dienone is 1. The predicted octanol–water partition coefficient (Wildman–Crippen LogP) is 10.6. The summed E-state index contributed by atoms with van der Waals surface area (Å²) in [6.07, 6.45) is 3.59. The molecule has 0 aliphatic rings. The maximum Gasteiger partial charge on any atom is 0.338 e. The fraction of sp³-hybridized carbons (Fsp3) is 0.472. The van der Waals surface area contributed by atoms with Crippen LogP contribution in [-0.4, -0.2) is 71.4 Å². The summed E-state index contributed by atoms with van der Waals surface area (Å²) in [4.78, 5) is 38.5. The maximum atomic E-state index is 14.5. The Morgan fingerprint density at radius 2 is 1.33 bits per heavy atom. The van der Waals surface area contributed by atoms with Crippen molar-refractivity contribution in [3.8, 4) is 0 Å². The summed E-state index contributed by atoms with van der Waals surface area (Å²) >= 11 is 0. The molecular formula is C53H71NO10SSi. The Kier molecular flexibility index (Phi) is 20.7. The number of nitrogens with zero attached hydrogens (tertiary/aromatic N) is 1. The van der Waals surface area contributed by atoms with Crippen LogP contribution in [0.15, 0.2) is 133 Å². The number of hydrogen-bond donors (Lipinski definition) is 0. The smallest absolute Gasteiger partial charge is 0.338 e. The standard InChI is InChI=1S/C53H71NO10SSi/c1-10-39(2)28-35-49(64-52(56)43-30-32-44(33-31-43)54(57)58)40(3)29-34-48(55)50(65(59,60)45-22-14-11-15-23-45)37-42(5)51(62-38-61-9)41(4)21-20-36-63-66(53(6,7)8,46-24-16-12-17-25-46)47-26-18-13-19-27-47/h10-19,22-27,30-33,39-42,49-51H,1,20-21,28-29,34-38H2,2-9H3/t39-,40-,41-,42+,49+,50?,51+/m1/s1. The van der Waals surface area contributed by atoms with Crippen molar-refractivity contribution in [3.63, 3.8) is 0 Å². The number of ether oxygens (including phenoxy) is 3.